The molecule has 2 N–H and O–H groups in total. The summed E-state index contributed by atoms with van der Waals surface area (Å²) < 4.78 is 23.3. The molecule has 7 heteroatoms. The van der Waals surface area contributed by atoms with E-state index in [1.807, 2.05) is 6.92 Å². The van der Waals surface area contributed by atoms with Gasteiger partial charge in [-0.25, -0.2) is 4.79 Å². The summed E-state index contributed by atoms with van der Waals surface area (Å²) >= 11 is 0. The first-order valence-corrected chi connectivity index (χ1v) is 9.79. The molecule has 0 aromatic heterocycles. The first-order chi connectivity index (χ1) is 9.85. The van der Waals surface area contributed by atoms with Crippen LogP contribution >= 0.6 is 7.37 Å². The molecule has 0 spiro atoms. The van der Waals surface area contributed by atoms with Crippen molar-refractivity contribution in [3.8, 4) is 0 Å². The summed E-state index contributed by atoms with van der Waals surface area (Å²) in [5.41, 5.74) is -1.96. The van der Waals surface area contributed by atoms with Gasteiger partial charge in [-0.05, 0) is 48.0 Å². The van der Waals surface area contributed by atoms with E-state index in [0.29, 0.717) is 19.2 Å². The molecule has 0 bridgehead atoms. The number of rotatable bonds is 8. The van der Waals surface area contributed by atoms with Crippen LogP contribution in [-0.4, -0.2) is 47.4 Å². The molecule has 6 nitrogen and oxygen atoms in total. The fourth-order valence-corrected chi connectivity index (χ4v) is 4.81. The second-order valence-electron chi connectivity index (χ2n) is 6.84. The number of hydrogen-bond donors (Lipinski definition) is 2. The standard InChI is InChI=1S/C15H32NO5P/c1-8-10-22(19,20-9-2)11-15(7,18)12(3)16-13(17)21-14(4,5)6/h12,18H,8-11H2,1-7H3,(H,16,17). The molecule has 0 aliphatic rings. The molecule has 3 atom stereocenters. The molecular weight excluding hydrogens is 305 g/mol. The van der Waals surface area contributed by atoms with E-state index in [4.69, 9.17) is 9.26 Å². The smallest absolute Gasteiger partial charge is 0.407 e. The molecule has 1 amide bonds. The highest BCUT2D eigenvalue weighted by atomic mass is 31.2. The molecule has 0 rings (SSSR count). The van der Waals surface area contributed by atoms with Crippen molar-refractivity contribution in [3.63, 3.8) is 0 Å². The molecule has 0 saturated carbocycles. The monoisotopic (exact) mass is 337 g/mol. The number of amides is 1. The summed E-state index contributed by atoms with van der Waals surface area (Å²) in [6.45, 7) is 12.5. The van der Waals surface area contributed by atoms with Crippen molar-refractivity contribution in [3.05, 3.63) is 0 Å². The Morgan fingerprint density at radius 1 is 1.27 bits per heavy atom. The van der Waals surface area contributed by atoms with Crippen molar-refractivity contribution in [2.45, 2.75) is 72.1 Å². The third-order valence-corrected chi connectivity index (χ3v) is 6.14. The van der Waals surface area contributed by atoms with Gasteiger partial charge in [-0.2, -0.15) is 0 Å². The minimum absolute atomic E-state index is 0.00134. The van der Waals surface area contributed by atoms with Gasteiger partial charge in [0, 0.05) is 6.16 Å². The van der Waals surface area contributed by atoms with E-state index in [1.54, 1.807) is 41.5 Å². The molecule has 0 heterocycles. The highest BCUT2D eigenvalue weighted by Crippen LogP contribution is 2.50. The van der Waals surface area contributed by atoms with Crippen LogP contribution in [0.2, 0.25) is 0 Å². The lowest BCUT2D eigenvalue weighted by molar-refractivity contribution is 0.0215. The third-order valence-electron chi connectivity index (χ3n) is 3.16. The Labute approximate surface area is 134 Å². The Morgan fingerprint density at radius 3 is 2.23 bits per heavy atom. The molecule has 22 heavy (non-hydrogen) atoms. The van der Waals surface area contributed by atoms with Crippen LogP contribution < -0.4 is 5.32 Å². The van der Waals surface area contributed by atoms with E-state index in [1.165, 1.54) is 0 Å². The summed E-state index contributed by atoms with van der Waals surface area (Å²) in [4.78, 5) is 11.8. The fraction of sp³-hybridized carbons (Fsp3) is 0.933. The average Bonchev–Trinajstić information content (AvgIpc) is 2.25. The Morgan fingerprint density at radius 2 is 1.82 bits per heavy atom. The number of nitrogens with one attached hydrogen (secondary N) is 1. The van der Waals surface area contributed by atoms with Crippen molar-refractivity contribution >= 4 is 13.5 Å². The average molecular weight is 337 g/mol. The maximum atomic E-state index is 12.7. The normalized spacial score (nSPS) is 18.9. The van der Waals surface area contributed by atoms with Gasteiger partial charge in [0.2, 0.25) is 7.37 Å². The van der Waals surface area contributed by atoms with Crippen LogP contribution in [0.5, 0.6) is 0 Å². The minimum atomic E-state index is -2.92. The van der Waals surface area contributed by atoms with Crippen LogP contribution in [-0.2, 0) is 13.8 Å². The van der Waals surface area contributed by atoms with E-state index in [9.17, 15) is 14.5 Å². The summed E-state index contributed by atoms with van der Waals surface area (Å²) in [5, 5.41) is 13.2. The van der Waals surface area contributed by atoms with Crippen LogP contribution in [0.25, 0.3) is 0 Å². The van der Waals surface area contributed by atoms with Gasteiger partial charge >= 0.3 is 6.09 Å². The van der Waals surface area contributed by atoms with Gasteiger partial charge in [0.25, 0.3) is 0 Å². The number of carbonyl (C=O) groups is 1. The van der Waals surface area contributed by atoms with E-state index < -0.39 is 30.7 Å². The highest BCUT2D eigenvalue weighted by Gasteiger charge is 2.38. The van der Waals surface area contributed by atoms with Crippen molar-refractivity contribution in [1.29, 1.82) is 0 Å². The van der Waals surface area contributed by atoms with Crippen LogP contribution in [0.3, 0.4) is 0 Å². The predicted molar refractivity (Wildman–Crippen MR) is 88.7 cm³/mol. The lowest BCUT2D eigenvalue weighted by atomic mass is 10.0. The van der Waals surface area contributed by atoms with Crippen molar-refractivity contribution in [2.24, 2.45) is 0 Å². The first kappa shape index (κ1) is 21.4. The Hall–Kier alpha value is -0.580. The number of aliphatic hydroxyl groups is 1. The van der Waals surface area contributed by atoms with Crippen molar-refractivity contribution in [2.75, 3.05) is 18.9 Å². The molecule has 3 unspecified atom stereocenters. The van der Waals surface area contributed by atoms with Gasteiger partial charge in [-0.3, -0.25) is 4.57 Å². The molecule has 0 fully saturated rings. The topological polar surface area (TPSA) is 84.9 Å². The largest absolute Gasteiger partial charge is 0.444 e. The Bertz CT molecular complexity index is 393. The summed E-state index contributed by atoms with van der Waals surface area (Å²) in [5.74, 6) is 0. The van der Waals surface area contributed by atoms with Gasteiger partial charge in [-0.15, -0.1) is 0 Å². The summed E-state index contributed by atoms with van der Waals surface area (Å²) in [6.07, 6.45) is 0.512. The van der Waals surface area contributed by atoms with Gasteiger partial charge in [-0.1, -0.05) is 6.92 Å². The molecular formula is C15H32NO5P. The Balaban J connectivity index is 4.83. The number of hydrogen-bond acceptors (Lipinski definition) is 5. The van der Waals surface area contributed by atoms with Crippen LogP contribution in [0.15, 0.2) is 0 Å². The molecule has 0 aliphatic carbocycles. The van der Waals surface area contributed by atoms with Crippen LogP contribution in [0.1, 0.15) is 54.9 Å². The second-order valence-corrected chi connectivity index (χ2v) is 9.49. The third kappa shape index (κ3) is 8.16. The van der Waals surface area contributed by atoms with E-state index in [-0.39, 0.29) is 6.16 Å². The van der Waals surface area contributed by atoms with Gasteiger partial charge < -0.3 is 19.7 Å². The maximum Gasteiger partial charge on any atom is 0.407 e. The molecule has 132 valence electrons. The zero-order valence-electron chi connectivity index (χ0n) is 14.9. The fourth-order valence-electron chi connectivity index (χ4n) is 2.03. The molecule has 0 radical (unpaired) electrons. The first-order valence-electron chi connectivity index (χ1n) is 7.79. The highest BCUT2D eigenvalue weighted by molar-refractivity contribution is 7.59. The lowest BCUT2D eigenvalue weighted by Gasteiger charge is -2.34. The van der Waals surface area contributed by atoms with Crippen LogP contribution in [0.4, 0.5) is 4.79 Å². The van der Waals surface area contributed by atoms with Crippen molar-refractivity contribution < 1.29 is 23.7 Å². The number of ether oxygens (including phenoxy) is 1. The van der Waals surface area contributed by atoms with Crippen molar-refractivity contribution in [1.82, 2.24) is 5.32 Å². The maximum absolute atomic E-state index is 12.7. The van der Waals surface area contributed by atoms with Crippen LogP contribution in [0, 0.1) is 0 Å². The summed E-state index contributed by atoms with van der Waals surface area (Å²) in [6, 6.07) is -0.618. The molecule has 0 aromatic carbocycles. The SMILES string of the molecule is CCCP(=O)(CC(C)(O)C(C)NC(=O)OC(C)(C)C)OCC. The molecule has 0 aromatic rings. The van der Waals surface area contributed by atoms with E-state index in [2.05, 4.69) is 5.32 Å². The zero-order chi connectivity index (χ0) is 17.6. The van der Waals surface area contributed by atoms with Gasteiger partial charge in [0.15, 0.2) is 0 Å². The van der Waals surface area contributed by atoms with Gasteiger partial charge in [0.1, 0.15) is 5.60 Å². The quantitative estimate of drug-likeness (QED) is 0.663. The van der Waals surface area contributed by atoms with E-state index >= 15 is 0 Å². The number of carbonyl (C=O) groups excluding carboxylic acids is 1. The number of alkyl carbamates (subject to hydrolysis) is 1. The second kappa shape index (κ2) is 8.32. The molecule has 0 aliphatic heterocycles. The molecule has 0 saturated heterocycles. The Kier molecular flexibility index (Phi) is 8.10. The minimum Gasteiger partial charge on any atom is -0.444 e. The van der Waals surface area contributed by atoms with Gasteiger partial charge in [0.05, 0.1) is 24.4 Å². The zero-order valence-corrected chi connectivity index (χ0v) is 15.8. The van der Waals surface area contributed by atoms with E-state index in [0.717, 1.165) is 0 Å². The lowest BCUT2D eigenvalue weighted by Crippen LogP contribution is -2.52. The summed E-state index contributed by atoms with van der Waals surface area (Å²) in [7, 11) is -2.92. The predicted octanol–water partition coefficient (Wildman–Crippen LogP) is 3.38.